The number of rotatable bonds is 4. The number of anilines is 1. The maximum Gasteiger partial charge on any atom is 0.255 e. The van der Waals surface area contributed by atoms with Gasteiger partial charge in [0.2, 0.25) is 11.7 Å². The SMILES string of the molecule is O=C(Nc1cccc(F)c1)c1ccc(-c2noc(C3CCCC3)n2)cc1. The molecule has 1 aliphatic rings. The number of nitrogens with zero attached hydrogens (tertiary/aromatic N) is 2. The summed E-state index contributed by atoms with van der Waals surface area (Å²) in [5.74, 6) is 0.900. The van der Waals surface area contributed by atoms with E-state index in [2.05, 4.69) is 15.5 Å². The van der Waals surface area contributed by atoms with Crippen molar-refractivity contribution in [1.29, 1.82) is 0 Å². The van der Waals surface area contributed by atoms with Crippen molar-refractivity contribution in [3.8, 4) is 11.4 Å². The van der Waals surface area contributed by atoms with Crippen molar-refractivity contribution in [3.63, 3.8) is 0 Å². The molecule has 2 aromatic carbocycles. The molecule has 0 aliphatic heterocycles. The molecule has 1 fully saturated rings. The van der Waals surface area contributed by atoms with Crippen LogP contribution in [0.15, 0.2) is 53.1 Å². The van der Waals surface area contributed by atoms with Gasteiger partial charge in [0, 0.05) is 22.7 Å². The first-order chi connectivity index (χ1) is 12.7. The summed E-state index contributed by atoms with van der Waals surface area (Å²) >= 11 is 0. The lowest BCUT2D eigenvalue weighted by molar-refractivity contribution is 0.102. The molecule has 6 heteroatoms. The molecule has 1 N–H and O–H groups in total. The van der Waals surface area contributed by atoms with Crippen LogP contribution in [0.3, 0.4) is 0 Å². The summed E-state index contributed by atoms with van der Waals surface area (Å²) in [6, 6.07) is 12.7. The lowest BCUT2D eigenvalue weighted by atomic mass is 10.1. The normalized spacial score (nSPS) is 14.5. The zero-order valence-corrected chi connectivity index (χ0v) is 14.1. The Balaban J connectivity index is 1.47. The van der Waals surface area contributed by atoms with E-state index in [1.807, 2.05) is 0 Å². The van der Waals surface area contributed by atoms with E-state index in [-0.39, 0.29) is 5.91 Å². The van der Waals surface area contributed by atoms with Gasteiger partial charge in [-0.05, 0) is 43.2 Å². The summed E-state index contributed by atoms with van der Waals surface area (Å²) in [5, 5.41) is 6.73. The molecule has 1 saturated carbocycles. The summed E-state index contributed by atoms with van der Waals surface area (Å²) in [6.45, 7) is 0. The quantitative estimate of drug-likeness (QED) is 0.734. The Labute approximate surface area is 150 Å². The van der Waals surface area contributed by atoms with Crippen LogP contribution in [0.2, 0.25) is 0 Å². The first-order valence-corrected chi connectivity index (χ1v) is 8.70. The molecular formula is C20H18FN3O2. The molecule has 0 spiro atoms. The van der Waals surface area contributed by atoms with Crippen LogP contribution < -0.4 is 5.32 Å². The van der Waals surface area contributed by atoms with Gasteiger partial charge in [-0.15, -0.1) is 0 Å². The van der Waals surface area contributed by atoms with Gasteiger partial charge < -0.3 is 9.84 Å². The first-order valence-electron chi connectivity index (χ1n) is 8.70. The highest BCUT2D eigenvalue weighted by atomic mass is 19.1. The van der Waals surface area contributed by atoms with Crippen molar-refractivity contribution in [2.45, 2.75) is 31.6 Å². The fourth-order valence-electron chi connectivity index (χ4n) is 3.23. The number of carbonyl (C=O) groups is 1. The monoisotopic (exact) mass is 351 g/mol. The average Bonchev–Trinajstić information content (AvgIpc) is 3.33. The highest BCUT2D eigenvalue weighted by molar-refractivity contribution is 6.04. The number of halogens is 1. The summed E-state index contributed by atoms with van der Waals surface area (Å²) in [6.07, 6.45) is 4.61. The van der Waals surface area contributed by atoms with Gasteiger partial charge in [-0.1, -0.05) is 36.2 Å². The second-order valence-corrected chi connectivity index (χ2v) is 6.48. The molecule has 1 amide bonds. The van der Waals surface area contributed by atoms with Gasteiger partial charge in [0.05, 0.1) is 0 Å². The van der Waals surface area contributed by atoms with Crippen LogP contribution in [0.5, 0.6) is 0 Å². The van der Waals surface area contributed by atoms with Crippen LogP contribution in [0.1, 0.15) is 47.8 Å². The molecule has 5 nitrogen and oxygen atoms in total. The minimum Gasteiger partial charge on any atom is -0.339 e. The van der Waals surface area contributed by atoms with Crippen molar-refractivity contribution < 1.29 is 13.7 Å². The van der Waals surface area contributed by atoms with Gasteiger partial charge >= 0.3 is 0 Å². The number of nitrogens with one attached hydrogen (secondary N) is 1. The summed E-state index contributed by atoms with van der Waals surface area (Å²) in [4.78, 5) is 16.8. The van der Waals surface area contributed by atoms with Gasteiger partial charge in [-0.25, -0.2) is 4.39 Å². The molecule has 0 unspecified atom stereocenters. The molecule has 0 radical (unpaired) electrons. The minimum absolute atomic E-state index is 0.304. The topological polar surface area (TPSA) is 68.0 Å². The zero-order valence-electron chi connectivity index (χ0n) is 14.1. The van der Waals surface area contributed by atoms with Crippen molar-refractivity contribution in [2.75, 3.05) is 5.32 Å². The molecule has 3 aromatic rings. The van der Waals surface area contributed by atoms with Crippen molar-refractivity contribution in [2.24, 2.45) is 0 Å². The predicted octanol–water partition coefficient (Wildman–Crippen LogP) is 4.79. The Bertz CT molecular complexity index is 915. The van der Waals surface area contributed by atoms with E-state index in [1.165, 1.54) is 25.0 Å². The lowest BCUT2D eigenvalue weighted by Gasteiger charge is -2.05. The molecule has 132 valence electrons. The number of benzene rings is 2. The number of amides is 1. The van der Waals surface area contributed by atoms with E-state index in [0.29, 0.717) is 28.9 Å². The van der Waals surface area contributed by atoms with Gasteiger partial charge in [0.15, 0.2) is 0 Å². The number of carbonyl (C=O) groups excluding carboxylic acids is 1. The smallest absolute Gasteiger partial charge is 0.255 e. The Hall–Kier alpha value is -3.02. The van der Waals surface area contributed by atoms with Crippen LogP contribution in [0, 0.1) is 5.82 Å². The van der Waals surface area contributed by atoms with Crippen molar-refractivity contribution in [1.82, 2.24) is 10.1 Å². The summed E-state index contributed by atoms with van der Waals surface area (Å²) in [5.41, 5.74) is 1.68. The van der Waals surface area contributed by atoms with Gasteiger partial charge in [-0.2, -0.15) is 4.98 Å². The van der Waals surface area contributed by atoms with Crippen LogP contribution >= 0.6 is 0 Å². The number of hydrogen-bond donors (Lipinski definition) is 1. The first kappa shape index (κ1) is 16.4. The lowest BCUT2D eigenvalue weighted by Crippen LogP contribution is -2.11. The summed E-state index contributed by atoms with van der Waals surface area (Å²) < 4.78 is 18.6. The van der Waals surface area contributed by atoms with Gasteiger partial charge in [0.1, 0.15) is 5.82 Å². The van der Waals surface area contributed by atoms with Crippen LogP contribution in [0.25, 0.3) is 11.4 Å². The highest BCUT2D eigenvalue weighted by Crippen LogP contribution is 2.33. The van der Waals surface area contributed by atoms with E-state index in [0.717, 1.165) is 18.4 Å². The van der Waals surface area contributed by atoms with E-state index in [9.17, 15) is 9.18 Å². The number of hydrogen-bond acceptors (Lipinski definition) is 4. The Morgan fingerprint density at radius 1 is 1.12 bits per heavy atom. The third kappa shape index (κ3) is 3.49. The Kier molecular flexibility index (Phi) is 4.48. The van der Waals surface area contributed by atoms with E-state index >= 15 is 0 Å². The average molecular weight is 351 g/mol. The molecule has 1 aliphatic carbocycles. The van der Waals surface area contributed by atoms with Crippen molar-refractivity contribution >= 4 is 11.6 Å². The Morgan fingerprint density at radius 2 is 1.88 bits per heavy atom. The van der Waals surface area contributed by atoms with Crippen LogP contribution in [-0.2, 0) is 0 Å². The molecule has 0 bridgehead atoms. The largest absolute Gasteiger partial charge is 0.339 e. The fourth-order valence-corrected chi connectivity index (χ4v) is 3.23. The number of aromatic nitrogens is 2. The van der Waals surface area contributed by atoms with Gasteiger partial charge in [-0.3, -0.25) is 4.79 Å². The molecule has 26 heavy (non-hydrogen) atoms. The molecule has 1 aromatic heterocycles. The third-order valence-electron chi connectivity index (χ3n) is 4.63. The molecule has 1 heterocycles. The molecule has 0 atom stereocenters. The maximum absolute atomic E-state index is 13.2. The molecular weight excluding hydrogens is 333 g/mol. The summed E-state index contributed by atoms with van der Waals surface area (Å²) in [7, 11) is 0. The zero-order chi connectivity index (χ0) is 17.9. The second kappa shape index (κ2) is 7.07. The molecule has 0 saturated heterocycles. The van der Waals surface area contributed by atoms with Crippen LogP contribution in [0.4, 0.5) is 10.1 Å². The van der Waals surface area contributed by atoms with E-state index in [1.54, 1.807) is 36.4 Å². The highest BCUT2D eigenvalue weighted by Gasteiger charge is 2.23. The second-order valence-electron chi connectivity index (χ2n) is 6.48. The minimum atomic E-state index is -0.395. The van der Waals surface area contributed by atoms with E-state index in [4.69, 9.17) is 4.52 Å². The third-order valence-corrected chi connectivity index (χ3v) is 4.63. The molecule has 4 rings (SSSR count). The fraction of sp³-hybridized carbons (Fsp3) is 0.250. The predicted molar refractivity (Wildman–Crippen MR) is 95.3 cm³/mol. The van der Waals surface area contributed by atoms with Crippen LogP contribution in [-0.4, -0.2) is 16.0 Å². The van der Waals surface area contributed by atoms with Crippen molar-refractivity contribution in [3.05, 3.63) is 65.8 Å². The standard InChI is InChI=1S/C20H18FN3O2/c21-16-6-3-7-17(12-16)22-19(25)14-10-8-13(9-11-14)18-23-20(26-24-18)15-4-1-2-5-15/h3,6-12,15H,1-2,4-5H2,(H,22,25). The van der Waals surface area contributed by atoms with E-state index < -0.39 is 5.82 Å². The van der Waals surface area contributed by atoms with Gasteiger partial charge in [0.25, 0.3) is 5.91 Å². The Morgan fingerprint density at radius 3 is 2.62 bits per heavy atom. The maximum atomic E-state index is 13.2.